The van der Waals surface area contributed by atoms with E-state index >= 15 is 0 Å². The molecule has 3 saturated heterocycles. The van der Waals surface area contributed by atoms with Crippen LogP contribution >= 0.6 is 0 Å². The lowest BCUT2D eigenvalue weighted by Gasteiger charge is -2.53. The maximum Gasteiger partial charge on any atom is 0.320 e. The van der Waals surface area contributed by atoms with Gasteiger partial charge in [-0.25, -0.2) is 18.6 Å². The minimum atomic E-state index is -2.67. The number of nitrogens with one attached hydrogen (secondary N) is 1. The summed E-state index contributed by atoms with van der Waals surface area (Å²) in [6.45, 7) is 3.32. The summed E-state index contributed by atoms with van der Waals surface area (Å²) in [6, 6.07) is 11.4. The van der Waals surface area contributed by atoms with Crippen LogP contribution in [0.1, 0.15) is 56.6 Å². The SMILES string of the molecule is O=C(N1CC[C@@](O)(Cn2cnc(N3CCC(F)(F)CC3)cc2=O)C2(CCCC2)C1)N1CCNC[C@H]1c1ccccc1. The van der Waals surface area contributed by atoms with Gasteiger partial charge in [0.15, 0.2) is 0 Å². The van der Waals surface area contributed by atoms with E-state index in [4.69, 9.17) is 0 Å². The van der Waals surface area contributed by atoms with Crippen molar-refractivity contribution in [1.82, 2.24) is 24.7 Å². The highest BCUT2D eigenvalue weighted by atomic mass is 19.3. The predicted octanol–water partition coefficient (Wildman–Crippen LogP) is 3.24. The van der Waals surface area contributed by atoms with Crippen molar-refractivity contribution in [1.29, 1.82) is 0 Å². The molecule has 0 radical (unpaired) electrons. The summed E-state index contributed by atoms with van der Waals surface area (Å²) >= 11 is 0. The van der Waals surface area contributed by atoms with Gasteiger partial charge < -0.3 is 25.1 Å². The molecule has 3 aliphatic heterocycles. The van der Waals surface area contributed by atoms with E-state index in [0.717, 1.165) is 37.8 Å². The minimum absolute atomic E-state index is 0.00368. The van der Waals surface area contributed by atoms with Crippen LogP contribution in [0.25, 0.3) is 0 Å². The number of likely N-dealkylation sites (tertiary alicyclic amines) is 1. The van der Waals surface area contributed by atoms with Crippen molar-refractivity contribution in [3.05, 3.63) is 58.6 Å². The number of hydrogen-bond donors (Lipinski definition) is 2. The second-order valence-corrected chi connectivity index (χ2v) is 12.4. The normalized spacial score (nSPS) is 27.8. The number of alkyl halides is 2. The number of nitrogens with zero attached hydrogens (tertiary/aromatic N) is 5. The van der Waals surface area contributed by atoms with Gasteiger partial charge in [-0.3, -0.25) is 9.36 Å². The standard InChI is InChI=1S/C30H40F2N6O3/c31-30(32)11-15-35(16-12-30)25-18-26(39)37(22-34-25)21-29(41)10-14-36(20-28(29)8-4-5-9-28)27(40)38-17-13-33-19-24(38)23-6-2-1-3-7-23/h1-3,6-7,18,22,24,33,41H,4-5,8-17,19-21H2/t24-,29+/m0/s1. The predicted molar refractivity (Wildman–Crippen MR) is 151 cm³/mol. The molecule has 4 aliphatic rings. The molecule has 4 heterocycles. The first-order valence-corrected chi connectivity index (χ1v) is 14.9. The van der Waals surface area contributed by atoms with Crippen LogP contribution in [0.5, 0.6) is 0 Å². The Kier molecular flexibility index (Phi) is 7.52. The van der Waals surface area contributed by atoms with Crippen molar-refractivity contribution < 1.29 is 18.7 Å². The molecule has 2 N–H and O–H groups in total. The van der Waals surface area contributed by atoms with Crippen molar-refractivity contribution in [2.24, 2.45) is 5.41 Å². The number of carbonyl (C=O) groups excluding carboxylic acids is 1. The van der Waals surface area contributed by atoms with Crippen LogP contribution in [-0.2, 0) is 6.54 Å². The van der Waals surface area contributed by atoms with Gasteiger partial charge in [-0.05, 0) is 24.8 Å². The number of carbonyl (C=O) groups is 1. The summed E-state index contributed by atoms with van der Waals surface area (Å²) in [5.41, 5.74) is -0.874. The summed E-state index contributed by atoms with van der Waals surface area (Å²) in [6.07, 6.45) is 4.82. The molecular formula is C30H40F2N6O3. The summed E-state index contributed by atoms with van der Waals surface area (Å²) in [5.74, 6) is -2.28. The molecule has 2 amide bonds. The molecule has 9 nitrogen and oxygen atoms in total. The van der Waals surface area contributed by atoms with Gasteiger partial charge in [0.1, 0.15) is 5.82 Å². The molecule has 6 rings (SSSR count). The van der Waals surface area contributed by atoms with E-state index in [1.54, 1.807) is 4.90 Å². The zero-order valence-electron chi connectivity index (χ0n) is 23.5. The first-order valence-electron chi connectivity index (χ1n) is 14.9. The number of hydrogen-bond acceptors (Lipinski definition) is 6. The first-order chi connectivity index (χ1) is 19.7. The highest BCUT2D eigenvalue weighted by Crippen LogP contribution is 2.52. The van der Waals surface area contributed by atoms with E-state index in [2.05, 4.69) is 22.4 Å². The summed E-state index contributed by atoms with van der Waals surface area (Å²) in [7, 11) is 0. The van der Waals surface area contributed by atoms with E-state index in [1.807, 2.05) is 28.0 Å². The Morgan fingerprint density at radius 1 is 1.02 bits per heavy atom. The fourth-order valence-electron chi connectivity index (χ4n) is 7.40. The molecule has 1 saturated carbocycles. The van der Waals surface area contributed by atoms with Crippen molar-refractivity contribution in [2.45, 2.75) is 69.1 Å². The number of amides is 2. The average Bonchev–Trinajstić information content (AvgIpc) is 3.46. The Bertz CT molecular complexity index is 1290. The number of piperazine rings is 1. The lowest BCUT2D eigenvalue weighted by atomic mass is 9.66. The molecule has 1 spiro atoms. The van der Waals surface area contributed by atoms with Crippen molar-refractivity contribution >= 4 is 11.8 Å². The number of rotatable bonds is 4. The van der Waals surface area contributed by atoms with E-state index in [9.17, 15) is 23.5 Å². The van der Waals surface area contributed by atoms with Gasteiger partial charge in [0.05, 0.1) is 24.5 Å². The lowest BCUT2D eigenvalue weighted by Crippen LogP contribution is -2.64. The van der Waals surface area contributed by atoms with Crippen LogP contribution in [-0.4, -0.2) is 87.8 Å². The number of anilines is 1. The molecule has 0 bridgehead atoms. The first kappa shape index (κ1) is 28.1. The molecule has 1 aliphatic carbocycles. The fraction of sp³-hybridized carbons (Fsp3) is 0.633. The number of piperidine rings is 2. The summed E-state index contributed by atoms with van der Waals surface area (Å²) in [5, 5.41) is 15.6. The maximum atomic E-state index is 14.0. The maximum absolute atomic E-state index is 14.0. The molecule has 222 valence electrons. The highest BCUT2D eigenvalue weighted by Gasteiger charge is 2.56. The number of aromatic nitrogens is 2. The number of aliphatic hydroxyl groups is 1. The average molecular weight is 571 g/mol. The van der Waals surface area contributed by atoms with Crippen LogP contribution in [0.2, 0.25) is 0 Å². The third-order valence-corrected chi connectivity index (χ3v) is 9.90. The molecule has 1 aromatic carbocycles. The van der Waals surface area contributed by atoms with Gasteiger partial charge in [-0.1, -0.05) is 43.2 Å². The Labute approximate surface area is 239 Å². The number of urea groups is 1. The Morgan fingerprint density at radius 3 is 2.46 bits per heavy atom. The molecule has 11 heteroatoms. The van der Waals surface area contributed by atoms with Gasteiger partial charge in [0.25, 0.3) is 11.5 Å². The summed E-state index contributed by atoms with van der Waals surface area (Å²) in [4.78, 5) is 37.1. The Hall–Kier alpha value is -3.05. The minimum Gasteiger partial charge on any atom is -0.387 e. The highest BCUT2D eigenvalue weighted by molar-refractivity contribution is 5.75. The lowest BCUT2D eigenvalue weighted by molar-refractivity contribution is -0.137. The van der Waals surface area contributed by atoms with Crippen LogP contribution < -0.4 is 15.8 Å². The third kappa shape index (κ3) is 5.46. The van der Waals surface area contributed by atoms with Crippen LogP contribution in [0, 0.1) is 5.41 Å². The summed E-state index contributed by atoms with van der Waals surface area (Å²) < 4.78 is 28.6. The monoisotopic (exact) mass is 570 g/mol. The van der Waals surface area contributed by atoms with Gasteiger partial charge in [0.2, 0.25) is 0 Å². The van der Waals surface area contributed by atoms with Gasteiger partial charge in [-0.15, -0.1) is 0 Å². The van der Waals surface area contributed by atoms with Gasteiger partial charge in [-0.2, -0.15) is 0 Å². The molecular weight excluding hydrogens is 530 g/mol. The Balaban J connectivity index is 1.18. The van der Waals surface area contributed by atoms with Gasteiger partial charge >= 0.3 is 6.03 Å². The zero-order chi connectivity index (χ0) is 28.7. The van der Waals surface area contributed by atoms with E-state index in [1.165, 1.54) is 17.0 Å². The topological polar surface area (TPSA) is 93.9 Å². The zero-order valence-corrected chi connectivity index (χ0v) is 23.5. The molecule has 0 unspecified atom stereocenters. The second-order valence-electron chi connectivity index (χ2n) is 12.4. The molecule has 4 fully saturated rings. The van der Waals surface area contributed by atoms with Crippen LogP contribution in [0.15, 0.2) is 47.5 Å². The molecule has 2 atom stereocenters. The van der Waals surface area contributed by atoms with E-state index in [-0.39, 0.29) is 50.1 Å². The van der Waals surface area contributed by atoms with Gasteiger partial charge in [0, 0.05) is 70.1 Å². The smallest absolute Gasteiger partial charge is 0.320 e. The van der Waals surface area contributed by atoms with Crippen molar-refractivity contribution in [3.8, 4) is 0 Å². The number of benzene rings is 1. The van der Waals surface area contributed by atoms with Crippen LogP contribution in [0.4, 0.5) is 19.4 Å². The second kappa shape index (κ2) is 11.0. The van der Waals surface area contributed by atoms with E-state index in [0.29, 0.717) is 38.4 Å². The molecule has 1 aromatic heterocycles. The quantitative estimate of drug-likeness (QED) is 0.587. The molecule has 2 aromatic rings. The Morgan fingerprint density at radius 2 is 1.76 bits per heavy atom. The van der Waals surface area contributed by atoms with Crippen LogP contribution in [0.3, 0.4) is 0 Å². The van der Waals surface area contributed by atoms with Crippen molar-refractivity contribution in [2.75, 3.05) is 50.7 Å². The number of halogens is 2. The fourth-order valence-corrected chi connectivity index (χ4v) is 7.40. The molecule has 41 heavy (non-hydrogen) atoms. The largest absolute Gasteiger partial charge is 0.387 e. The third-order valence-electron chi connectivity index (χ3n) is 9.90. The van der Waals surface area contributed by atoms with E-state index < -0.39 is 16.9 Å². The van der Waals surface area contributed by atoms with Crippen molar-refractivity contribution in [3.63, 3.8) is 0 Å².